The summed E-state index contributed by atoms with van der Waals surface area (Å²) < 4.78 is 9.24. The predicted octanol–water partition coefficient (Wildman–Crippen LogP) is 0.918. The number of ether oxygens (including phenoxy) is 2. The summed E-state index contributed by atoms with van der Waals surface area (Å²) in [6.07, 6.45) is 2.42. The van der Waals surface area contributed by atoms with Crippen molar-refractivity contribution in [2.24, 2.45) is 0 Å². The van der Waals surface area contributed by atoms with Gasteiger partial charge < -0.3 is 14.4 Å². The molecule has 2 rings (SSSR count). The van der Waals surface area contributed by atoms with E-state index in [0.717, 1.165) is 6.07 Å². The summed E-state index contributed by atoms with van der Waals surface area (Å²) in [4.78, 5) is 39.4. The van der Waals surface area contributed by atoms with Crippen molar-refractivity contribution in [1.82, 2.24) is 4.98 Å². The van der Waals surface area contributed by atoms with E-state index in [0.29, 0.717) is 19.4 Å². The second kappa shape index (κ2) is 6.37. The predicted molar refractivity (Wildman–Crippen MR) is 74.6 cm³/mol. The van der Waals surface area contributed by atoms with Crippen LogP contribution in [0.5, 0.6) is 0 Å². The van der Waals surface area contributed by atoms with Gasteiger partial charge in [-0.25, -0.2) is 14.6 Å². The van der Waals surface area contributed by atoms with E-state index in [9.17, 15) is 19.7 Å². The first kappa shape index (κ1) is 15.7. The third kappa shape index (κ3) is 2.83. The summed E-state index contributed by atoms with van der Waals surface area (Å²) >= 11 is 0. The highest BCUT2D eigenvalue weighted by Gasteiger charge is 2.36. The summed E-state index contributed by atoms with van der Waals surface area (Å²) in [7, 11) is 2.44. The van der Waals surface area contributed by atoms with E-state index in [-0.39, 0.29) is 17.1 Å². The molecule has 118 valence electrons. The summed E-state index contributed by atoms with van der Waals surface area (Å²) in [5, 5.41) is 11.3. The molecule has 1 aliphatic rings. The average molecular weight is 309 g/mol. The summed E-state index contributed by atoms with van der Waals surface area (Å²) in [6.45, 7) is 0.450. The molecule has 9 nitrogen and oxygen atoms in total. The molecular formula is C13H15N3O6. The molecule has 1 aromatic heterocycles. The van der Waals surface area contributed by atoms with Crippen LogP contribution in [0.4, 0.5) is 11.5 Å². The molecule has 9 heteroatoms. The van der Waals surface area contributed by atoms with Crippen LogP contribution >= 0.6 is 0 Å². The lowest BCUT2D eigenvalue weighted by Crippen LogP contribution is -2.37. The number of anilines is 1. The highest BCUT2D eigenvalue weighted by molar-refractivity contribution is 5.91. The normalized spacial score (nSPS) is 17.2. The van der Waals surface area contributed by atoms with Gasteiger partial charge in [0.1, 0.15) is 6.04 Å². The van der Waals surface area contributed by atoms with E-state index in [2.05, 4.69) is 9.72 Å². The van der Waals surface area contributed by atoms with Gasteiger partial charge in [-0.05, 0) is 12.8 Å². The molecule has 0 radical (unpaired) electrons. The van der Waals surface area contributed by atoms with Gasteiger partial charge in [-0.15, -0.1) is 0 Å². The molecule has 1 aliphatic heterocycles. The molecule has 1 atom stereocenters. The number of rotatable bonds is 4. The molecule has 0 aliphatic carbocycles. The molecular weight excluding hydrogens is 294 g/mol. The van der Waals surface area contributed by atoms with Crippen molar-refractivity contribution in [2.75, 3.05) is 25.7 Å². The van der Waals surface area contributed by atoms with Crippen LogP contribution in [-0.4, -0.2) is 48.7 Å². The third-order valence-corrected chi connectivity index (χ3v) is 3.46. The number of pyridine rings is 1. The van der Waals surface area contributed by atoms with Crippen LogP contribution in [0.2, 0.25) is 0 Å². The van der Waals surface area contributed by atoms with Gasteiger partial charge in [0.2, 0.25) is 5.82 Å². The third-order valence-electron chi connectivity index (χ3n) is 3.46. The van der Waals surface area contributed by atoms with Crippen molar-refractivity contribution in [1.29, 1.82) is 0 Å². The highest BCUT2D eigenvalue weighted by atomic mass is 16.6. The second-order valence-electron chi connectivity index (χ2n) is 4.69. The van der Waals surface area contributed by atoms with Crippen LogP contribution in [0.1, 0.15) is 23.2 Å². The van der Waals surface area contributed by atoms with Gasteiger partial charge in [-0.1, -0.05) is 0 Å². The lowest BCUT2D eigenvalue weighted by atomic mass is 10.2. The van der Waals surface area contributed by atoms with Crippen LogP contribution in [0.25, 0.3) is 0 Å². The number of carbonyl (C=O) groups is 2. The topological polar surface area (TPSA) is 112 Å². The molecule has 2 heterocycles. The first-order valence-electron chi connectivity index (χ1n) is 6.56. The first-order valence-corrected chi connectivity index (χ1v) is 6.56. The maximum atomic E-state index is 11.8. The molecule has 1 fully saturated rings. The fourth-order valence-electron chi connectivity index (χ4n) is 2.43. The maximum absolute atomic E-state index is 11.8. The molecule has 0 saturated carbocycles. The van der Waals surface area contributed by atoms with Crippen molar-refractivity contribution in [3.05, 3.63) is 27.9 Å². The van der Waals surface area contributed by atoms with E-state index < -0.39 is 22.9 Å². The molecule has 0 spiro atoms. The Morgan fingerprint density at radius 2 is 2.14 bits per heavy atom. The summed E-state index contributed by atoms with van der Waals surface area (Å²) in [5.74, 6) is -1.13. The Morgan fingerprint density at radius 3 is 2.73 bits per heavy atom. The Hall–Kier alpha value is -2.71. The van der Waals surface area contributed by atoms with E-state index in [1.807, 2.05) is 0 Å². The van der Waals surface area contributed by atoms with E-state index in [1.165, 1.54) is 25.3 Å². The minimum absolute atomic E-state index is 0.0215. The van der Waals surface area contributed by atoms with Crippen molar-refractivity contribution in [2.45, 2.75) is 18.9 Å². The van der Waals surface area contributed by atoms with Crippen LogP contribution in [0, 0.1) is 10.1 Å². The van der Waals surface area contributed by atoms with Crippen molar-refractivity contribution >= 4 is 23.4 Å². The average Bonchev–Trinajstić information content (AvgIpc) is 3.02. The lowest BCUT2D eigenvalue weighted by molar-refractivity contribution is -0.384. The van der Waals surface area contributed by atoms with Crippen LogP contribution in [-0.2, 0) is 14.3 Å². The standard InChI is InChI=1S/C13H15N3O6/c1-21-12(17)8-6-10(16(19)20)11(14-7-8)15-5-3-4-9(15)13(18)22-2/h6-7,9H,3-5H2,1-2H3/t9-/m0/s1. The Morgan fingerprint density at radius 1 is 1.41 bits per heavy atom. The van der Waals surface area contributed by atoms with Gasteiger partial charge in [0.25, 0.3) is 0 Å². The maximum Gasteiger partial charge on any atom is 0.339 e. The SMILES string of the molecule is COC(=O)c1cnc(N2CCC[C@H]2C(=O)OC)c([N+](=O)[O-])c1. The largest absolute Gasteiger partial charge is 0.467 e. The molecule has 0 bridgehead atoms. The minimum atomic E-state index is -0.715. The smallest absolute Gasteiger partial charge is 0.339 e. The number of nitro groups is 1. The number of esters is 2. The summed E-state index contributed by atoms with van der Waals surface area (Å²) in [5.41, 5.74) is -0.370. The molecule has 0 unspecified atom stereocenters. The van der Waals surface area contributed by atoms with Crippen LogP contribution in [0.15, 0.2) is 12.3 Å². The number of methoxy groups -OCH3 is 2. The van der Waals surface area contributed by atoms with Crippen molar-refractivity contribution in [3.8, 4) is 0 Å². The molecule has 0 N–H and O–H groups in total. The van der Waals surface area contributed by atoms with Gasteiger partial charge in [0.15, 0.2) is 0 Å². The zero-order chi connectivity index (χ0) is 16.3. The second-order valence-corrected chi connectivity index (χ2v) is 4.69. The van der Waals surface area contributed by atoms with Gasteiger partial charge in [0.05, 0.1) is 24.7 Å². The van der Waals surface area contributed by atoms with Gasteiger partial charge in [-0.2, -0.15) is 0 Å². The Kier molecular flexibility index (Phi) is 4.54. The zero-order valence-electron chi connectivity index (χ0n) is 12.1. The Bertz CT molecular complexity index is 618. The molecule has 1 saturated heterocycles. The molecule has 0 aromatic carbocycles. The van der Waals surface area contributed by atoms with E-state index >= 15 is 0 Å². The van der Waals surface area contributed by atoms with Gasteiger partial charge in [-0.3, -0.25) is 10.1 Å². The zero-order valence-corrected chi connectivity index (χ0v) is 12.1. The van der Waals surface area contributed by atoms with Gasteiger partial charge >= 0.3 is 17.6 Å². The lowest BCUT2D eigenvalue weighted by Gasteiger charge is -2.23. The number of hydrogen-bond donors (Lipinski definition) is 0. The number of hydrogen-bond acceptors (Lipinski definition) is 8. The number of aromatic nitrogens is 1. The van der Waals surface area contributed by atoms with Crippen LogP contribution in [0.3, 0.4) is 0 Å². The summed E-state index contributed by atoms with van der Waals surface area (Å²) in [6, 6.07) is 0.487. The van der Waals surface area contributed by atoms with Crippen molar-refractivity contribution < 1.29 is 24.0 Å². The Labute approximate surface area is 126 Å². The minimum Gasteiger partial charge on any atom is -0.467 e. The Balaban J connectivity index is 2.44. The first-order chi connectivity index (χ1) is 10.5. The van der Waals surface area contributed by atoms with Crippen molar-refractivity contribution in [3.63, 3.8) is 0 Å². The highest BCUT2D eigenvalue weighted by Crippen LogP contribution is 2.32. The number of carbonyl (C=O) groups excluding carboxylic acids is 2. The number of nitrogens with zero attached hydrogens (tertiary/aromatic N) is 3. The fourth-order valence-corrected chi connectivity index (χ4v) is 2.43. The molecule has 22 heavy (non-hydrogen) atoms. The quantitative estimate of drug-likeness (QED) is 0.458. The molecule has 1 aromatic rings. The van der Waals surface area contributed by atoms with Crippen LogP contribution < -0.4 is 4.90 Å². The fraction of sp³-hybridized carbons (Fsp3) is 0.462. The van der Waals surface area contributed by atoms with E-state index in [1.54, 1.807) is 0 Å². The van der Waals surface area contributed by atoms with Gasteiger partial charge in [0, 0.05) is 18.8 Å². The monoisotopic (exact) mass is 309 g/mol. The van der Waals surface area contributed by atoms with E-state index in [4.69, 9.17) is 4.74 Å². The molecule has 0 amide bonds.